The molecular formula is C23H36N2O2. The zero-order valence-corrected chi connectivity index (χ0v) is 17.0. The van der Waals surface area contributed by atoms with Gasteiger partial charge in [0.25, 0.3) is 5.91 Å². The number of nitrogens with zero attached hydrogens (tertiary/aromatic N) is 2. The fraction of sp³-hybridized carbons (Fsp3) is 0.696. The summed E-state index contributed by atoms with van der Waals surface area (Å²) >= 11 is 0. The number of hydrogen-bond acceptors (Lipinski definition) is 3. The Balaban J connectivity index is 1.55. The van der Waals surface area contributed by atoms with Crippen molar-refractivity contribution in [2.75, 3.05) is 32.8 Å². The van der Waals surface area contributed by atoms with Gasteiger partial charge in [0.05, 0.1) is 6.61 Å². The number of rotatable bonds is 8. The minimum Gasteiger partial charge on any atom is -0.494 e. The van der Waals surface area contributed by atoms with Crippen molar-refractivity contribution in [3.63, 3.8) is 0 Å². The molecule has 0 saturated carbocycles. The van der Waals surface area contributed by atoms with Gasteiger partial charge in [0.15, 0.2) is 0 Å². The molecule has 4 nitrogen and oxygen atoms in total. The van der Waals surface area contributed by atoms with Crippen molar-refractivity contribution in [3.05, 3.63) is 29.8 Å². The molecule has 0 bridgehead atoms. The summed E-state index contributed by atoms with van der Waals surface area (Å²) in [5.41, 5.74) is 0.794. The maximum atomic E-state index is 13.1. The number of carbonyl (C=O) groups is 1. The van der Waals surface area contributed by atoms with Crippen molar-refractivity contribution < 1.29 is 9.53 Å². The highest BCUT2D eigenvalue weighted by molar-refractivity contribution is 5.94. The van der Waals surface area contributed by atoms with Crippen LogP contribution in [0.25, 0.3) is 0 Å². The minimum atomic E-state index is 0.193. The molecule has 1 aromatic carbocycles. The second kappa shape index (κ2) is 10.7. The first-order valence-corrected chi connectivity index (χ1v) is 11.0. The standard InChI is InChI=1S/C23H36N2O2/c1-2-3-19-27-22-12-10-20(11-13-22)23(26)25-17-8-5-9-21(25)14-18-24-15-6-4-7-16-24/h10-13,21H,2-9,14-19H2,1H3/t21-/m1/s1. The third kappa shape index (κ3) is 5.97. The van der Waals surface area contributed by atoms with Gasteiger partial charge in [-0.05, 0) is 82.3 Å². The molecule has 27 heavy (non-hydrogen) atoms. The Hall–Kier alpha value is -1.55. The summed E-state index contributed by atoms with van der Waals surface area (Å²) in [5.74, 6) is 1.05. The summed E-state index contributed by atoms with van der Waals surface area (Å²) in [6.07, 6.45) is 10.9. The van der Waals surface area contributed by atoms with Crippen LogP contribution in [0.5, 0.6) is 5.75 Å². The molecule has 2 fully saturated rings. The van der Waals surface area contributed by atoms with Crippen LogP contribution in [0.1, 0.15) is 75.1 Å². The van der Waals surface area contributed by atoms with Crippen molar-refractivity contribution in [1.29, 1.82) is 0 Å². The molecule has 3 rings (SSSR count). The fourth-order valence-corrected chi connectivity index (χ4v) is 4.28. The molecule has 0 radical (unpaired) electrons. The average molecular weight is 373 g/mol. The van der Waals surface area contributed by atoms with Crippen molar-refractivity contribution in [3.8, 4) is 5.75 Å². The summed E-state index contributed by atoms with van der Waals surface area (Å²) in [4.78, 5) is 17.8. The lowest BCUT2D eigenvalue weighted by atomic mass is 9.97. The van der Waals surface area contributed by atoms with Crippen LogP contribution < -0.4 is 4.74 Å². The van der Waals surface area contributed by atoms with Crippen molar-refractivity contribution in [2.24, 2.45) is 0 Å². The van der Waals surface area contributed by atoms with Gasteiger partial charge in [-0.25, -0.2) is 0 Å². The summed E-state index contributed by atoms with van der Waals surface area (Å²) in [6.45, 7) is 7.41. The molecular weight excluding hydrogens is 336 g/mol. The molecule has 0 N–H and O–H groups in total. The lowest BCUT2D eigenvalue weighted by Gasteiger charge is -2.37. The molecule has 0 unspecified atom stereocenters. The van der Waals surface area contributed by atoms with Gasteiger partial charge in [-0.3, -0.25) is 4.79 Å². The Morgan fingerprint density at radius 1 is 1.04 bits per heavy atom. The Bertz CT molecular complexity index is 566. The third-order valence-electron chi connectivity index (χ3n) is 5.98. The van der Waals surface area contributed by atoms with Crippen LogP contribution in [0.3, 0.4) is 0 Å². The maximum absolute atomic E-state index is 13.1. The zero-order valence-electron chi connectivity index (χ0n) is 17.0. The van der Waals surface area contributed by atoms with Gasteiger partial charge in [-0.15, -0.1) is 0 Å². The van der Waals surface area contributed by atoms with E-state index in [0.717, 1.165) is 63.1 Å². The van der Waals surface area contributed by atoms with Gasteiger partial charge >= 0.3 is 0 Å². The molecule has 2 saturated heterocycles. The minimum absolute atomic E-state index is 0.193. The molecule has 4 heteroatoms. The summed E-state index contributed by atoms with van der Waals surface area (Å²) in [5, 5.41) is 0. The molecule has 1 aromatic rings. The van der Waals surface area contributed by atoms with Gasteiger partial charge in [0, 0.05) is 24.7 Å². The van der Waals surface area contributed by atoms with Crippen LogP contribution in [-0.4, -0.2) is 54.5 Å². The Labute approximate surface area is 164 Å². The normalized spacial score (nSPS) is 21.2. The zero-order chi connectivity index (χ0) is 18.9. The quantitative estimate of drug-likeness (QED) is 0.618. The number of piperidine rings is 2. The number of benzene rings is 1. The highest BCUT2D eigenvalue weighted by atomic mass is 16.5. The summed E-state index contributed by atoms with van der Waals surface area (Å²) in [6, 6.07) is 8.14. The molecule has 1 amide bonds. The first kappa shape index (κ1) is 20.2. The predicted molar refractivity (Wildman–Crippen MR) is 110 cm³/mol. The van der Waals surface area contributed by atoms with E-state index < -0.39 is 0 Å². The molecule has 0 spiro atoms. The predicted octanol–water partition coefficient (Wildman–Crippen LogP) is 4.74. The molecule has 0 aliphatic carbocycles. The topological polar surface area (TPSA) is 32.8 Å². The van der Waals surface area contributed by atoms with Gasteiger partial charge in [0.2, 0.25) is 0 Å². The monoisotopic (exact) mass is 372 g/mol. The number of likely N-dealkylation sites (tertiary alicyclic amines) is 2. The van der Waals surface area contributed by atoms with E-state index in [1.165, 1.54) is 38.8 Å². The van der Waals surface area contributed by atoms with E-state index in [1.54, 1.807) is 0 Å². The highest BCUT2D eigenvalue weighted by Gasteiger charge is 2.28. The van der Waals surface area contributed by atoms with Crippen LogP contribution in [0.4, 0.5) is 0 Å². The summed E-state index contributed by atoms with van der Waals surface area (Å²) < 4.78 is 5.72. The van der Waals surface area contributed by atoms with E-state index in [1.807, 2.05) is 24.3 Å². The number of carbonyl (C=O) groups excluding carboxylic acids is 1. The van der Waals surface area contributed by atoms with Gasteiger partial charge in [0.1, 0.15) is 5.75 Å². The number of amides is 1. The lowest BCUT2D eigenvalue weighted by molar-refractivity contribution is 0.0579. The summed E-state index contributed by atoms with van der Waals surface area (Å²) in [7, 11) is 0. The van der Waals surface area contributed by atoms with Crippen LogP contribution >= 0.6 is 0 Å². The SMILES string of the molecule is CCCCOc1ccc(C(=O)N2CCCC[C@@H]2CCN2CCCCC2)cc1. The second-order valence-electron chi connectivity index (χ2n) is 8.07. The largest absolute Gasteiger partial charge is 0.494 e. The Morgan fingerprint density at radius 3 is 2.52 bits per heavy atom. The molecule has 150 valence electrons. The number of ether oxygens (including phenoxy) is 1. The van der Waals surface area contributed by atoms with E-state index in [9.17, 15) is 4.79 Å². The van der Waals surface area contributed by atoms with Crippen molar-refractivity contribution in [2.45, 2.75) is 70.8 Å². The van der Waals surface area contributed by atoms with Crippen LogP contribution in [0, 0.1) is 0 Å². The number of hydrogen-bond donors (Lipinski definition) is 0. The highest BCUT2D eigenvalue weighted by Crippen LogP contribution is 2.24. The Kier molecular flexibility index (Phi) is 8.00. The number of unbranched alkanes of at least 4 members (excludes halogenated alkanes) is 1. The average Bonchev–Trinajstić information content (AvgIpc) is 2.73. The second-order valence-corrected chi connectivity index (χ2v) is 8.07. The van der Waals surface area contributed by atoms with E-state index >= 15 is 0 Å². The van der Waals surface area contributed by atoms with Crippen LogP contribution in [0.2, 0.25) is 0 Å². The van der Waals surface area contributed by atoms with Gasteiger partial charge in [-0.2, -0.15) is 0 Å². The smallest absolute Gasteiger partial charge is 0.254 e. The third-order valence-corrected chi connectivity index (χ3v) is 5.98. The van der Waals surface area contributed by atoms with Gasteiger partial charge in [-0.1, -0.05) is 19.8 Å². The maximum Gasteiger partial charge on any atom is 0.254 e. The van der Waals surface area contributed by atoms with E-state index in [4.69, 9.17) is 4.74 Å². The van der Waals surface area contributed by atoms with Crippen molar-refractivity contribution >= 4 is 5.91 Å². The molecule has 2 heterocycles. The fourth-order valence-electron chi connectivity index (χ4n) is 4.28. The van der Waals surface area contributed by atoms with Crippen LogP contribution in [-0.2, 0) is 0 Å². The van der Waals surface area contributed by atoms with E-state index in [-0.39, 0.29) is 5.91 Å². The van der Waals surface area contributed by atoms with E-state index in [2.05, 4.69) is 16.7 Å². The molecule has 1 atom stereocenters. The first-order chi connectivity index (χ1) is 13.3. The molecule has 2 aliphatic heterocycles. The van der Waals surface area contributed by atoms with Gasteiger partial charge < -0.3 is 14.5 Å². The van der Waals surface area contributed by atoms with E-state index in [0.29, 0.717) is 6.04 Å². The van der Waals surface area contributed by atoms with Crippen molar-refractivity contribution in [1.82, 2.24) is 9.80 Å². The van der Waals surface area contributed by atoms with Crippen LogP contribution in [0.15, 0.2) is 24.3 Å². The first-order valence-electron chi connectivity index (χ1n) is 11.0. The Morgan fingerprint density at radius 2 is 1.78 bits per heavy atom. The molecule has 2 aliphatic rings. The molecule has 0 aromatic heterocycles. The lowest BCUT2D eigenvalue weighted by Crippen LogP contribution is -2.45.